The van der Waals surface area contributed by atoms with Crippen molar-refractivity contribution in [2.24, 2.45) is 0 Å². The minimum absolute atomic E-state index is 1.16. The molecule has 0 radical (unpaired) electrons. The van der Waals surface area contributed by atoms with Gasteiger partial charge in [-0.3, -0.25) is 0 Å². The summed E-state index contributed by atoms with van der Waals surface area (Å²) in [7, 11) is 0. The summed E-state index contributed by atoms with van der Waals surface area (Å²) < 4.78 is 2.39. The molecule has 0 aliphatic heterocycles. The third-order valence-electron chi connectivity index (χ3n) is 9.16. The minimum Gasteiger partial charge on any atom is -0.309 e. The number of aromatic nitrogens is 1. The van der Waals surface area contributed by atoms with Gasteiger partial charge in [0.25, 0.3) is 0 Å². The second-order valence-corrected chi connectivity index (χ2v) is 11.7. The van der Waals surface area contributed by atoms with E-state index in [4.69, 9.17) is 0 Å². The second-order valence-electron chi connectivity index (χ2n) is 11.7. The Morgan fingerprint density at radius 1 is 0.356 bits per heavy atom. The van der Waals surface area contributed by atoms with Crippen LogP contribution in [0.2, 0.25) is 0 Å². The van der Waals surface area contributed by atoms with E-state index in [0.29, 0.717) is 0 Å². The van der Waals surface area contributed by atoms with Gasteiger partial charge >= 0.3 is 0 Å². The van der Waals surface area contributed by atoms with Crippen LogP contribution in [0, 0.1) is 0 Å². The average Bonchev–Trinajstić information content (AvgIpc) is 3.62. The quantitative estimate of drug-likeness (QED) is 0.198. The Labute approximate surface area is 263 Å². The van der Waals surface area contributed by atoms with E-state index >= 15 is 0 Å². The zero-order chi connectivity index (χ0) is 29.7. The van der Waals surface area contributed by atoms with Crippen LogP contribution in [-0.4, -0.2) is 4.57 Å². The SMILES string of the molecule is C(=C1c2ccccc2-c2ccccc21)c1ccc(-c2cccc(-n3c4ccccc4c4ccccc43)c2)c(-c2ccccc2)c1. The van der Waals surface area contributed by atoms with Crippen LogP contribution in [0.5, 0.6) is 0 Å². The third-order valence-corrected chi connectivity index (χ3v) is 9.16. The van der Waals surface area contributed by atoms with Crippen molar-refractivity contribution in [2.45, 2.75) is 0 Å². The van der Waals surface area contributed by atoms with Crippen molar-refractivity contribution in [1.29, 1.82) is 0 Å². The van der Waals surface area contributed by atoms with Crippen LogP contribution in [0.1, 0.15) is 16.7 Å². The molecule has 0 saturated heterocycles. The number of nitrogens with zero attached hydrogens (tertiary/aromatic N) is 1. The van der Waals surface area contributed by atoms with E-state index in [-0.39, 0.29) is 0 Å². The molecule has 0 saturated carbocycles. The molecule has 1 aliphatic rings. The smallest absolute Gasteiger partial charge is 0.0541 e. The first kappa shape index (κ1) is 25.6. The summed E-state index contributed by atoms with van der Waals surface area (Å²) in [4.78, 5) is 0. The molecule has 0 N–H and O–H groups in total. The van der Waals surface area contributed by atoms with Gasteiger partial charge in [0.2, 0.25) is 0 Å². The van der Waals surface area contributed by atoms with Crippen molar-refractivity contribution in [3.63, 3.8) is 0 Å². The molecule has 0 atom stereocenters. The maximum atomic E-state index is 2.39. The molecule has 1 aliphatic carbocycles. The van der Waals surface area contributed by atoms with Crippen LogP contribution in [0.15, 0.2) is 170 Å². The number of hydrogen-bond acceptors (Lipinski definition) is 0. The summed E-state index contributed by atoms with van der Waals surface area (Å²) in [6, 6.07) is 61.6. The van der Waals surface area contributed by atoms with Gasteiger partial charge in [0.15, 0.2) is 0 Å². The molecule has 9 rings (SSSR count). The van der Waals surface area contributed by atoms with Crippen LogP contribution in [0.25, 0.3) is 72.5 Å². The topological polar surface area (TPSA) is 4.93 Å². The monoisotopic (exact) mass is 571 g/mol. The van der Waals surface area contributed by atoms with E-state index in [9.17, 15) is 0 Å². The lowest BCUT2D eigenvalue weighted by Gasteiger charge is -2.15. The standard InChI is InChI=1S/C44H29N/c1-2-13-31(14-3-1)41-27-30(28-42-37-19-6-4-17-35(37)36-18-5-7-20-38(36)42)25-26-34(41)32-15-12-16-33(29-32)45-43-23-10-8-21-39(43)40-22-9-11-24-44(40)45/h1-29H. The Morgan fingerprint density at radius 2 is 0.911 bits per heavy atom. The first-order chi connectivity index (χ1) is 22.3. The predicted molar refractivity (Wildman–Crippen MR) is 191 cm³/mol. The molecular weight excluding hydrogens is 542 g/mol. The first-order valence-electron chi connectivity index (χ1n) is 15.5. The van der Waals surface area contributed by atoms with Gasteiger partial charge in [0.1, 0.15) is 0 Å². The van der Waals surface area contributed by atoms with E-state index in [1.807, 2.05) is 0 Å². The van der Waals surface area contributed by atoms with Crippen molar-refractivity contribution in [2.75, 3.05) is 0 Å². The van der Waals surface area contributed by atoms with Gasteiger partial charge in [-0.1, -0.05) is 140 Å². The van der Waals surface area contributed by atoms with E-state index in [2.05, 4.69) is 181 Å². The van der Waals surface area contributed by atoms with Crippen molar-refractivity contribution in [1.82, 2.24) is 4.57 Å². The predicted octanol–water partition coefficient (Wildman–Crippen LogP) is 11.7. The molecular formula is C44H29N. The van der Waals surface area contributed by atoms with E-state index < -0.39 is 0 Å². The Morgan fingerprint density at radius 3 is 1.58 bits per heavy atom. The zero-order valence-electron chi connectivity index (χ0n) is 24.7. The number of para-hydroxylation sites is 2. The van der Waals surface area contributed by atoms with E-state index in [1.54, 1.807) is 0 Å². The van der Waals surface area contributed by atoms with Crippen LogP contribution in [0.3, 0.4) is 0 Å². The molecule has 0 amide bonds. The van der Waals surface area contributed by atoms with Crippen molar-refractivity contribution in [3.8, 4) is 39.1 Å². The molecule has 1 heterocycles. The summed E-state index contributed by atoms with van der Waals surface area (Å²) in [6.07, 6.45) is 2.36. The molecule has 0 spiro atoms. The molecule has 45 heavy (non-hydrogen) atoms. The van der Waals surface area contributed by atoms with Crippen molar-refractivity contribution in [3.05, 3.63) is 187 Å². The van der Waals surface area contributed by atoms with Crippen molar-refractivity contribution < 1.29 is 0 Å². The maximum Gasteiger partial charge on any atom is 0.0541 e. The molecule has 7 aromatic carbocycles. The summed E-state index contributed by atoms with van der Waals surface area (Å²) >= 11 is 0. The van der Waals surface area contributed by atoms with Gasteiger partial charge < -0.3 is 4.57 Å². The Kier molecular flexibility index (Phi) is 5.89. The number of rotatable bonds is 4. The van der Waals surface area contributed by atoms with E-state index in [0.717, 1.165) is 5.69 Å². The summed E-state index contributed by atoms with van der Waals surface area (Å²) in [5, 5.41) is 2.55. The Balaban J connectivity index is 1.22. The fourth-order valence-electron chi connectivity index (χ4n) is 7.15. The van der Waals surface area contributed by atoms with Gasteiger partial charge in [0.05, 0.1) is 11.0 Å². The molecule has 0 unspecified atom stereocenters. The molecule has 1 aromatic heterocycles. The lowest BCUT2D eigenvalue weighted by atomic mass is 9.91. The Bertz CT molecular complexity index is 2320. The lowest BCUT2D eigenvalue weighted by Crippen LogP contribution is -1.95. The van der Waals surface area contributed by atoms with Crippen LogP contribution >= 0.6 is 0 Å². The fraction of sp³-hybridized carbons (Fsp3) is 0. The molecule has 1 heteroatoms. The maximum absolute atomic E-state index is 2.39. The largest absolute Gasteiger partial charge is 0.309 e. The summed E-state index contributed by atoms with van der Waals surface area (Å²) in [6.45, 7) is 0. The molecule has 1 nitrogen and oxygen atoms in total. The van der Waals surface area contributed by atoms with Crippen LogP contribution in [-0.2, 0) is 0 Å². The van der Waals surface area contributed by atoms with Gasteiger partial charge in [-0.15, -0.1) is 0 Å². The third kappa shape index (κ3) is 4.17. The molecule has 210 valence electrons. The summed E-state index contributed by atoms with van der Waals surface area (Å²) in [5.41, 5.74) is 16.1. The zero-order valence-corrected chi connectivity index (χ0v) is 24.7. The number of fused-ring (bicyclic) bond motifs is 6. The lowest BCUT2D eigenvalue weighted by molar-refractivity contribution is 1.18. The highest BCUT2D eigenvalue weighted by Crippen LogP contribution is 2.45. The minimum atomic E-state index is 1.16. The highest BCUT2D eigenvalue weighted by molar-refractivity contribution is 6.09. The highest BCUT2D eigenvalue weighted by atomic mass is 15.0. The number of benzene rings is 7. The summed E-state index contributed by atoms with van der Waals surface area (Å²) in [5.74, 6) is 0. The van der Waals surface area contributed by atoms with Gasteiger partial charge in [0, 0.05) is 16.5 Å². The van der Waals surface area contributed by atoms with Crippen molar-refractivity contribution >= 4 is 33.5 Å². The van der Waals surface area contributed by atoms with Crippen LogP contribution in [0.4, 0.5) is 0 Å². The normalized spacial score (nSPS) is 12.0. The number of hydrogen-bond donors (Lipinski definition) is 0. The molecule has 8 aromatic rings. The molecule has 0 bridgehead atoms. The first-order valence-corrected chi connectivity index (χ1v) is 15.5. The fourth-order valence-corrected chi connectivity index (χ4v) is 7.15. The van der Waals surface area contributed by atoms with Gasteiger partial charge in [-0.2, -0.15) is 0 Å². The van der Waals surface area contributed by atoms with Gasteiger partial charge in [-0.25, -0.2) is 0 Å². The van der Waals surface area contributed by atoms with Gasteiger partial charge in [-0.05, 0) is 92.1 Å². The van der Waals surface area contributed by atoms with Crippen LogP contribution < -0.4 is 0 Å². The Hall–Kier alpha value is -5.92. The van der Waals surface area contributed by atoms with E-state index in [1.165, 1.54) is 77.5 Å². The average molecular weight is 572 g/mol. The molecule has 0 fully saturated rings. The highest BCUT2D eigenvalue weighted by Gasteiger charge is 2.22. The second kappa shape index (κ2) is 10.4.